The lowest BCUT2D eigenvalue weighted by atomic mass is 9.93. The van der Waals surface area contributed by atoms with Crippen molar-refractivity contribution in [1.82, 2.24) is 4.40 Å². The Morgan fingerprint density at radius 2 is 1.68 bits per heavy atom. The van der Waals surface area contributed by atoms with E-state index in [0.29, 0.717) is 5.92 Å². The lowest BCUT2D eigenvalue weighted by molar-refractivity contribution is 0.869. The first-order chi connectivity index (χ1) is 9.18. The molecule has 2 N–H and O–H groups in total. The molecule has 2 heterocycles. The highest BCUT2D eigenvalue weighted by Gasteiger charge is 2.13. The number of pyridine rings is 1. The number of benzene rings is 1. The van der Waals surface area contributed by atoms with E-state index < -0.39 is 0 Å². The van der Waals surface area contributed by atoms with Crippen LogP contribution in [0.25, 0.3) is 16.6 Å². The predicted molar refractivity (Wildman–Crippen MR) is 81.3 cm³/mol. The minimum Gasteiger partial charge on any atom is -0.384 e. The fourth-order valence-electron chi connectivity index (χ4n) is 2.61. The van der Waals surface area contributed by atoms with Crippen molar-refractivity contribution >= 4 is 11.3 Å². The number of nitrogen functional groups attached to an aromatic ring is 1. The second-order valence-electron chi connectivity index (χ2n) is 5.18. The largest absolute Gasteiger partial charge is 0.384 e. The number of nitrogens with two attached hydrogens (primary N) is 1. The standard InChI is InChI=1S/C17H18N2/c1-12(2)14-8-3-4-9-15(14)16-11-13-7-5-6-10-19(13)17(16)18/h3-12H,18H2,1-2H3. The molecule has 2 heteroatoms. The van der Waals surface area contributed by atoms with E-state index in [4.69, 9.17) is 5.73 Å². The highest BCUT2D eigenvalue weighted by atomic mass is 15.0. The van der Waals surface area contributed by atoms with Crippen LogP contribution in [0.1, 0.15) is 25.3 Å². The van der Waals surface area contributed by atoms with Gasteiger partial charge in [-0.2, -0.15) is 0 Å². The van der Waals surface area contributed by atoms with Crippen LogP contribution in [0.15, 0.2) is 54.7 Å². The SMILES string of the molecule is CC(C)c1ccccc1-c1cc2ccccn2c1N. The van der Waals surface area contributed by atoms with Gasteiger partial charge < -0.3 is 10.1 Å². The van der Waals surface area contributed by atoms with E-state index in [1.807, 2.05) is 22.7 Å². The third kappa shape index (κ3) is 1.89. The third-order valence-corrected chi connectivity index (χ3v) is 3.59. The summed E-state index contributed by atoms with van der Waals surface area (Å²) in [6.07, 6.45) is 2.01. The van der Waals surface area contributed by atoms with Gasteiger partial charge in [0, 0.05) is 17.3 Å². The molecule has 19 heavy (non-hydrogen) atoms. The molecule has 0 aliphatic carbocycles. The van der Waals surface area contributed by atoms with Gasteiger partial charge in [-0.25, -0.2) is 0 Å². The molecular formula is C17H18N2. The molecule has 0 fully saturated rings. The van der Waals surface area contributed by atoms with Gasteiger partial charge in [-0.05, 0) is 35.2 Å². The van der Waals surface area contributed by atoms with Crippen LogP contribution >= 0.6 is 0 Å². The topological polar surface area (TPSA) is 30.4 Å². The first-order valence-corrected chi connectivity index (χ1v) is 6.63. The zero-order valence-electron chi connectivity index (χ0n) is 11.3. The summed E-state index contributed by atoms with van der Waals surface area (Å²) >= 11 is 0. The number of hydrogen-bond donors (Lipinski definition) is 1. The molecule has 0 saturated heterocycles. The number of nitrogens with zero attached hydrogens (tertiary/aromatic N) is 1. The molecule has 2 nitrogen and oxygen atoms in total. The van der Waals surface area contributed by atoms with E-state index in [2.05, 4.69) is 50.2 Å². The highest BCUT2D eigenvalue weighted by molar-refractivity contribution is 5.83. The van der Waals surface area contributed by atoms with E-state index in [9.17, 15) is 0 Å². The van der Waals surface area contributed by atoms with Crippen molar-refractivity contribution in [1.29, 1.82) is 0 Å². The van der Waals surface area contributed by atoms with E-state index in [1.165, 1.54) is 11.1 Å². The van der Waals surface area contributed by atoms with Gasteiger partial charge in [0.25, 0.3) is 0 Å². The predicted octanol–water partition coefficient (Wildman–Crippen LogP) is 4.31. The summed E-state index contributed by atoms with van der Waals surface area (Å²) in [6.45, 7) is 4.43. The normalized spacial score (nSPS) is 11.3. The Labute approximate surface area is 113 Å². The first kappa shape index (κ1) is 11.8. The summed E-state index contributed by atoms with van der Waals surface area (Å²) in [5.74, 6) is 1.29. The summed E-state index contributed by atoms with van der Waals surface area (Å²) in [5.41, 5.74) is 11.1. The van der Waals surface area contributed by atoms with Crippen molar-refractivity contribution in [2.45, 2.75) is 19.8 Å². The van der Waals surface area contributed by atoms with Crippen LogP contribution in [-0.4, -0.2) is 4.40 Å². The number of fused-ring (bicyclic) bond motifs is 1. The molecular weight excluding hydrogens is 232 g/mol. The molecule has 0 saturated carbocycles. The van der Waals surface area contributed by atoms with Crippen molar-refractivity contribution < 1.29 is 0 Å². The summed E-state index contributed by atoms with van der Waals surface area (Å²) < 4.78 is 2.03. The fraction of sp³-hybridized carbons (Fsp3) is 0.176. The van der Waals surface area contributed by atoms with Crippen molar-refractivity contribution in [2.75, 3.05) is 5.73 Å². The average molecular weight is 250 g/mol. The highest BCUT2D eigenvalue weighted by Crippen LogP contribution is 2.34. The molecule has 0 atom stereocenters. The second-order valence-corrected chi connectivity index (χ2v) is 5.18. The molecule has 0 aliphatic heterocycles. The molecule has 0 radical (unpaired) electrons. The maximum absolute atomic E-state index is 6.30. The van der Waals surface area contributed by atoms with Crippen LogP contribution in [0.2, 0.25) is 0 Å². The zero-order chi connectivity index (χ0) is 13.4. The van der Waals surface area contributed by atoms with Crippen molar-refractivity contribution in [3.63, 3.8) is 0 Å². The lowest BCUT2D eigenvalue weighted by Gasteiger charge is -2.12. The zero-order valence-corrected chi connectivity index (χ0v) is 11.3. The van der Waals surface area contributed by atoms with Crippen molar-refractivity contribution in [2.24, 2.45) is 0 Å². The van der Waals surface area contributed by atoms with Gasteiger partial charge in [-0.15, -0.1) is 0 Å². The molecule has 0 aliphatic rings. The molecule has 0 bridgehead atoms. The number of rotatable bonds is 2. The quantitative estimate of drug-likeness (QED) is 0.721. The van der Waals surface area contributed by atoms with Crippen LogP contribution in [-0.2, 0) is 0 Å². The Bertz CT molecular complexity index is 723. The van der Waals surface area contributed by atoms with Crippen LogP contribution in [0.5, 0.6) is 0 Å². The molecule has 3 aromatic rings. The first-order valence-electron chi connectivity index (χ1n) is 6.63. The Hall–Kier alpha value is -2.22. The van der Waals surface area contributed by atoms with Gasteiger partial charge in [0.05, 0.1) is 0 Å². The second kappa shape index (κ2) is 4.47. The van der Waals surface area contributed by atoms with Crippen LogP contribution in [0, 0.1) is 0 Å². The molecule has 0 amide bonds. The smallest absolute Gasteiger partial charge is 0.115 e. The van der Waals surface area contributed by atoms with E-state index in [-0.39, 0.29) is 0 Å². The van der Waals surface area contributed by atoms with Gasteiger partial charge >= 0.3 is 0 Å². The number of hydrogen-bond acceptors (Lipinski definition) is 1. The summed E-state index contributed by atoms with van der Waals surface area (Å²) in [4.78, 5) is 0. The maximum atomic E-state index is 6.30. The van der Waals surface area contributed by atoms with E-state index >= 15 is 0 Å². The molecule has 0 spiro atoms. The van der Waals surface area contributed by atoms with Gasteiger partial charge in [-0.3, -0.25) is 0 Å². The van der Waals surface area contributed by atoms with E-state index in [1.54, 1.807) is 0 Å². The van der Waals surface area contributed by atoms with Crippen LogP contribution in [0.3, 0.4) is 0 Å². The summed E-state index contributed by atoms with van der Waals surface area (Å²) in [7, 11) is 0. The van der Waals surface area contributed by atoms with Gasteiger partial charge in [0.2, 0.25) is 0 Å². The van der Waals surface area contributed by atoms with Gasteiger partial charge in [0.15, 0.2) is 0 Å². The maximum Gasteiger partial charge on any atom is 0.115 e. The lowest BCUT2D eigenvalue weighted by Crippen LogP contribution is -1.96. The monoisotopic (exact) mass is 250 g/mol. The Morgan fingerprint density at radius 1 is 0.947 bits per heavy atom. The molecule has 0 unspecified atom stereocenters. The summed E-state index contributed by atoms with van der Waals surface area (Å²) in [5, 5.41) is 0. The minimum absolute atomic E-state index is 0.485. The number of aromatic nitrogens is 1. The molecule has 2 aromatic heterocycles. The van der Waals surface area contributed by atoms with Gasteiger partial charge in [0.1, 0.15) is 5.82 Å². The Kier molecular flexibility index (Phi) is 2.79. The fourth-order valence-corrected chi connectivity index (χ4v) is 2.61. The Morgan fingerprint density at radius 3 is 2.42 bits per heavy atom. The van der Waals surface area contributed by atoms with Crippen molar-refractivity contribution in [3.8, 4) is 11.1 Å². The van der Waals surface area contributed by atoms with Crippen LogP contribution < -0.4 is 5.73 Å². The van der Waals surface area contributed by atoms with Crippen LogP contribution in [0.4, 0.5) is 5.82 Å². The average Bonchev–Trinajstić information content (AvgIpc) is 2.76. The minimum atomic E-state index is 0.485. The Balaban J connectivity index is 2.28. The van der Waals surface area contributed by atoms with Crippen molar-refractivity contribution in [3.05, 3.63) is 60.3 Å². The number of anilines is 1. The molecule has 96 valence electrons. The molecule has 1 aromatic carbocycles. The molecule has 3 rings (SSSR count). The van der Waals surface area contributed by atoms with Gasteiger partial charge in [-0.1, -0.05) is 44.2 Å². The third-order valence-electron chi connectivity index (χ3n) is 3.59. The van der Waals surface area contributed by atoms with E-state index in [0.717, 1.165) is 16.9 Å². The summed E-state index contributed by atoms with van der Waals surface area (Å²) in [6, 6.07) is 16.8.